The Kier molecular flexibility index (Phi) is 5.76. The van der Waals surface area contributed by atoms with E-state index in [1.807, 2.05) is 11.3 Å². The van der Waals surface area contributed by atoms with Crippen molar-refractivity contribution < 1.29 is 0 Å². The second-order valence-electron chi connectivity index (χ2n) is 4.48. The van der Waals surface area contributed by atoms with E-state index in [1.54, 1.807) is 0 Å². The van der Waals surface area contributed by atoms with Crippen molar-refractivity contribution in [3.05, 3.63) is 21.9 Å². The molecule has 2 nitrogen and oxygen atoms in total. The summed E-state index contributed by atoms with van der Waals surface area (Å²) in [5.41, 5.74) is 7.14. The highest BCUT2D eigenvalue weighted by molar-refractivity contribution is 7.10. The molecule has 0 bridgehead atoms. The quantitative estimate of drug-likeness (QED) is 0.906. The Morgan fingerprint density at radius 2 is 2.12 bits per heavy atom. The molecule has 92 valence electrons. The molecule has 1 fully saturated rings. The summed E-state index contributed by atoms with van der Waals surface area (Å²) < 4.78 is 0. The minimum atomic E-state index is 0. The maximum absolute atomic E-state index is 5.69. The lowest BCUT2D eigenvalue weighted by Gasteiger charge is -2.31. The van der Waals surface area contributed by atoms with Crippen LogP contribution in [0.4, 0.5) is 0 Å². The van der Waals surface area contributed by atoms with Gasteiger partial charge in [-0.1, -0.05) is 0 Å². The van der Waals surface area contributed by atoms with E-state index in [4.69, 9.17) is 5.73 Å². The van der Waals surface area contributed by atoms with E-state index in [-0.39, 0.29) is 12.4 Å². The number of nitrogens with zero attached hydrogens (tertiary/aromatic N) is 1. The summed E-state index contributed by atoms with van der Waals surface area (Å²) in [5.74, 6) is 0.769. The van der Waals surface area contributed by atoms with E-state index >= 15 is 0 Å². The van der Waals surface area contributed by atoms with Crippen LogP contribution in [0.2, 0.25) is 0 Å². The lowest BCUT2D eigenvalue weighted by Crippen LogP contribution is -2.35. The minimum absolute atomic E-state index is 0. The number of aryl methyl sites for hydroxylation is 1. The van der Waals surface area contributed by atoms with Gasteiger partial charge in [0.15, 0.2) is 0 Å². The molecule has 2 heterocycles. The van der Waals surface area contributed by atoms with Crippen LogP contribution < -0.4 is 5.73 Å². The van der Waals surface area contributed by atoms with Gasteiger partial charge in [0.1, 0.15) is 0 Å². The molecule has 0 saturated carbocycles. The SMILES string of the molecule is Cc1ccsc1CN1CCC(CN)CC1.Cl. The average molecular weight is 261 g/mol. The number of hydrogen-bond donors (Lipinski definition) is 1. The normalized spacial score (nSPS) is 18.4. The van der Waals surface area contributed by atoms with Gasteiger partial charge < -0.3 is 5.73 Å². The second-order valence-corrected chi connectivity index (χ2v) is 5.48. The fourth-order valence-corrected chi connectivity index (χ4v) is 3.10. The Hall–Kier alpha value is -0.0900. The van der Waals surface area contributed by atoms with Gasteiger partial charge in [-0.2, -0.15) is 0 Å². The Bertz CT molecular complexity index is 306. The molecule has 16 heavy (non-hydrogen) atoms. The van der Waals surface area contributed by atoms with Gasteiger partial charge >= 0.3 is 0 Å². The zero-order chi connectivity index (χ0) is 10.7. The molecule has 0 radical (unpaired) electrons. The van der Waals surface area contributed by atoms with Crippen LogP contribution in [0.5, 0.6) is 0 Å². The van der Waals surface area contributed by atoms with Crippen molar-refractivity contribution in [3.8, 4) is 0 Å². The largest absolute Gasteiger partial charge is 0.330 e. The average Bonchev–Trinajstić information content (AvgIpc) is 2.66. The molecule has 1 aromatic rings. The zero-order valence-electron chi connectivity index (χ0n) is 9.82. The van der Waals surface area contributed by atoms with E-state index in [0.29, 0.717) is 0 Å². The van der Waals surface area contributed by atoms with Gasteiger partial charge in [-0.3, -0.25) is 4.90 Å². The van der Waals surface area contributed by atoms with Crippen LogP contribution in [0.25, 0.3) is 0 Å². The van der Waals surface area contributed by atoms with Crippen LogP contribution in [-0.2, 0) is 6.54 Å². The number of nitrogens with two attached hydrogens (primary N) is 1. The Balaban J connectivity index is 0.00000128. The van der Waals surface area contributed by atoms with Crippen molar-refractivity contribution in [1.82, 2.24) is 4.90 Å². The molecule has 2 N–H and O–H groups in total. The van der Waals surface area contributed by atoms with Crippen molar-refractivity contribution in [3.63, 3.8) is 0 Å². The van der Waals surface area contributed by atoms with Crippen molar-refractivity contribution in [1.29, 1.82) is 0 Å². The summed E-state index contributed by atoms with van der Waals surface area (Å²) in [4.78, 5) is 4.09. The summed E-state index contributed by atoms with van der Waals surface area (Å²) in [6.45, 7) is 6.66. The third-order valence-electron chi connectivity index (χ3n) is 3.38. The third kappa shape index (κ3) is 3.45. The monoisotopic (exact) mass is 260 g/mol. The minimum Gasteiger partial charge on any atom is -0.330 e. The first-order valence-corrected chi connectivity index (χ1v) is 6.63. The molecule has 1 aliphatic heterocycles. The fraction of sp³-hybridized carbons (Fsp3) is 0.667. The van der Waals surface area contributed by atoms with E-state index in [1.165, 1.54) is 36.4 Å². The summed E-state index contributed by atoms with van der Waals surface area (Å²) >= 11 is 1.88. The van der Waals surface area contributed by atoms with Gasteiger partial charge in [0.25, 0.3) is 0 Å². The molecule has 0 atom stereocenters. The molecule has 1 saturated heterocycles. The van der Waals surface area contributed by atoms with Gasteiger partial charge in [-0.05, 0) is 62.3 Å². The number of rotatable bonds is 3. The van der Waals surface area contributed by atoms with Crippen LogP contribution in [0.15, 0.2) is 11.4 Å². The van der Waals surface area contributed by atoms with E-state index in [2.05, 4.69) is 23.3 Å². The number of thiophene rings is 1. The van der Waals surface area contributed by atoms with E-state index in [0.717, 1.165) is 19.0 Å². The van der Waals surface area contributed by atoms with Crippen molar-refractivity contribution in [2.24, 2.45) is 11.7 Å². The van der Waals surface area contributed by atoms with Gasteiger partial charge in [0.05, 0.1) is 0 Å². The molecule has 0 aromatic carbocycles. The smallest absolute Gasteiger partial charge is 0.0330 e. The zero-order valence-corrected chi connectivity index (χ0v) is 11.4. The number of hydrogen-bond acceptors (Lipinski definition) is 3. The first-order chi connectivity index (χ1) is 7.29. The van der Waals surface area contributed by atoms with Gasteiger partial charge in [0.2, 0.25) is 0 Å². The molecule has 1 aliphatic rings. The topological polar surface area (TPSA) is 29.3 Å². The number of piperidine rings is 1. The van der Waals surface area contributed by atoms with Crippen LogP contribution >= 0.6 is 23.7 Å². The third-order valence-corrected chi connectivity index (χ3v) is 4.38. The Morgan fingerprint density at radius 1 is 1.44 bits per heavy atom. The molecule has 4 heteroatoms. The molecule has 0 aliphatic carbocycles. The highest BCUT2D eigenvalue weighted by Gasteiger charge is 2.18. The van der Waals surface area contributed by atoms with Crippen LogP contribution in [0, 0.1) is 12.8 Å². The van der Waals surface area contributed by atoms with E-state index < -0.39 is 0 Å². The summed E-state index contributed by atoms with van der Waals surface area (Å²) in [7, 11) is 0. The number of halogens is 1. The van der Waals surface area contributed by atoms with Gasteiger partial charge in [0, 0.05) is 11.4 Å². The first-order valence-electron chi connectivity index (χ1n) is 5.75. The molecule has 0 unspecified atom stereocenters. The molecule has 0 amide bonds. The van der Waals surface area contributed by atoms with Crippen LogP contribution in [-0.4, -0.2) is 24.5 Å². The molecule has 2 rings (SSSR count). The molecular weight excluding hydrogens is 240 g/mol. The first kappa shape index (κ1) is 14.0. The van der Waals surface area contributed by atoms with Crippen molar-refractivity contribution in [2.75, 3.05) is 19.6 Å². The number of likely N-dealkylation sites (tertiary alicyclic amines) is 1. The lowest BCUT2D eigenvalue weighted by molar-refractivity contribution is 0.181. The highest BCUT2D eigenvalue weighted by atomic mass is 35.5. The molecule has 0 spiro atoms. The van der Waals surface area contributed by atoms with Crippen LogP contribution in [0.1, 0.15) is 23.3 Å². The molecular formula is C12H21ClN2S. The standard InChI is InChI=1S/C12H20N2S.ClH/c1-10-4-7-15-12(10)9-14-5-2-11(8-13)3-6-14;/h4,7,11H,2-3,5-6,8-9,13H2,1H3;1H. The van der Waals surface area contributed by atoms with Gasteiger partial charge in [-0.25, -0.2) is 0 Å². The highest BCUT2D eigenvalue weighted by Crippen LogP contribution is 2.22. The lowest BCUT2D eigenvalue weighted by atomic mass is 9.97. The Morgan fingerprint density at radius 3 is 2.62 bits per heavy atom. The fourth-order valence-electron chi connectivity index (χ4n) is 2.15. The Labute approximate surface area is 108 Å². The predicted molar refractivity (Wildman–Crippen MR) is 73.4 cm³/mol. The summed E-state index contributed by atoms with van der Waals surface area (Å²) in [5, 5.41) is 2.19. The van der Waals surface area contributed by atoms with E-state index in [9.17, 15) is 0 Å². The predicted octanol–water partition coefficient (Wildman–Crippen LogP) is 2.65. The van der Waals surface area contributed by atoms with Crippen molar-refractivity contribution in [2.45, 2.75) is 26.3 Å². The van der Waals surface area contributed by atoms with Crippen LogP contribution in [0.3, 0.4) is 0 Å². The molecule has 1 aromatic heterocycles. The second kappa shape index (κ2) is 6.60. The summed E-state index contributed by atoms with van der Waals surface area (Å²) in [6, 6.07) is 2.21. The maximum atomic E-state index is 5.69. The summed E-state index contributed by atoms with van der Waals surface area (Å²) in [6.07, 6.45) is 2.56. The maximum Gasteiger partial charge on any atom is 0.0330 e. The van der Waals surface area contributed by atoms with Crippen molar-refractivity contribution >= 4 is 23.7 Å². The van der Waals surface area contributed by atoms with Gasteiger partial charge in [-0.15, -0.1) is 23.7 Å².